The lowest BCUT2D eigenvalue weighted by molar-refractivity contribution is -0.0601. The number of ether oxygens (including phenoxy) is 1. The van der Waals surface area contributed by atoms with E-state index in [9.17, 15) is 0 Å². The number of fused-ring (bicyclic) bond motifs is 5. The Balaban J connectivity index is 1.48. The highest BCUT2D eigenvalue weighted by Crippen LogP contribution is 2.67. The lowest BCUT2D eigenvalue weighted by atomic mass is 9.47. The lowest BCUT2D eigenvalue weighted by Crippen LogP contribution is -2.50. The van der Waals surface area contributed by atoms with E-state index in [2.05, 4.69) is 40.7 Å². The minimum Gasteiger partial charge on any atom is -0.381 e. The molecule has 166 valence electrons. The van der Waals surface area contributed by atoms with Crippen LogP contribution in [0.15, 0.2) is 11.6 Å². The van der Waals surface area contributed by atoms with Gasteiger partial charge in [-0.1, -0.05) is 65.5 Å². The van der Waals surface area contributed by atoms with Gasteiger partial charge in [0.15, 0.2) is 0 Å². The van der Waals surface area contributed by atoms with Crippen LogP contribution in [0.5, 0.6) is 0 Å². The van der Waals surface area contributed by atoms with Gasteiger partial charge in [-0.25, -0.2) is 0 Å². The van der Waals surface area contributed by atoms with Gasteiger partial charge in [0.05, 0.1) is 6.10 Å². The summed E-state index contributed by atoms with van der Waals surface area (Å²) in [4.78, 5) is 0. The number of rotatable bonds is 6. The summed E-state index contributed by atoms with van der Waals surface area (Å²) in [5.74, 6) is 5.63. The molecule has 8 atom stereocenters. The molecule has 4 aliphatic carbocycles. The Kier molecular flexibility index (Phi) is 6.29. The van der Waals surface area contributed by atoms with Crippen LogP contribution in [-0.2, 0) is 4.74 Å². The molecule has 3 saturated carbocycles. The quantitative estimate of drug-likeness (QED) is 0.410. The third-order valence-corrected chi connectivity index (χ3v) is 10.6. The van der Waals surface area contributed by atoms with Gasteiger partial charge in [-0.3, -0.25) is 0 Å². The summed E-state index contributed by atoms with van der Waals surface area (Å²) in [7, 11) is 1.91. The van der Waals surface area contributed by atoms with E-state index in [-0.39, 0.29) is 0 Å². The molecule has 0 amide bonds. The first kappa shape index (κ1) is 21.9. The molecule has 0 N–H and O–H groups in total. The zero-order chi connectivity index (χ0) is 20.8. The molecule has 0 aromatic carbocycles. The fraction of sp³-hybridized carbons (Fsp3) is 0.929. The van der Waals surface area contributed by atoms with Crippen molar-refractivity contribution in [1.82, 2.24) is 0 Å². The molecule has 4 aliphatic rings. The molecule has 1 nitrogen and oxygen atoms in total. The molecule has 0 saturated heterocycles. The van der Waals surface area contributed by atoms with Crippen molar-refractivity contribution >= 4 is 0 Å². The van der Waals surface area contributed by atoms with Crippen molar-refractivity contribution in [3.05, 3.63) is 11.6 Å². The van der Waals surface area contributed by atoms with E-state index >= 15 is 0 Å². The summed E-state index contributed by atoms with van der Waals surface area (Å²) in [5, 5.41) is 0. The maximum absolute atomic E-state index is 5.75. The summed E-state index contributed by atoms with van der Waals surface area (Å²) in [6, 6.07) is 0. The molecule has 1 heteroatoms. The van der Waals surface area contributed by atoms with Crippen LogP contribution in [0.3, 0.4) is 0 Å². The number of hydrogen-bond acceptors (Lipinski definition) is 1. The molecule has 0 heterocycles. The van der Waals surface area contributed by atoms with Gasteiger partial charge < -0.3 is 4.74 Å². The summed E-state index contributed by atoms with van der Waals surface area (Å²) >= 11 is 0. The fourth-order valence-electron chi connectivity index (χ4n) is 8.85. The van der Waals surface area contributed by atoms with E-state index in [1.165, 1.54) is 70.6 Å². The van der Waals surface area contributed by atoms with Gasteiger partial charge in [0.25, 0.3) is 0 Å². The standard InChI is InChI=1S/C28H48O/c1-19(2)8-7-9-20(3)24-12-13-25-23-11-10-21-18-22(29-6)14-16-27(21,4)26(23)15-17-28(24,25)5/h10,19-20,22-26H,7-9,11-18H2,1-6H3/t20?,22-,23-,24?,25?,26?,27-,28?/m0/s1. The van der Waals surface area contributed by atoms with Gasteiger partial charge in [-0.2, -0.15) is 0 Å². The average molecular weight is 401 g/mol. The van der Waals surface area contributed by atoms with E-state index < -0.39 is 0 Å². The first-order valence-corrected chi connectivity index (χ1v) is 13.0. The van der Waals surface area contributed by atoms with Crippen LogP contribution in [0.4, 0.5) is 0 Å². The topological polar surface area (TPSA) is 9.23 Å². The molecule has 0 aliphatic heterocycles. The molecular weight excluding hydrogens is 352 g/mol. The second kappa shape index (κ2) is 8.33. The molecule has 0 bridgehead atoms. The molecule has 5 unspecified atom stereocenters. The highest BCUT2D eigenvalue weighted by atomic mass is 16.5. The highest BCUT2D eigenvalue weighted by molar-refractivity contribution is 5.25. The van der Waals surface area contributed by atoms with Crippen molar-refractivity contribution in [2.45, 2.75) is 111 Å². The molecule has 4 rings (SSSR count). The predicted octanol–water partition coefficient (Wildman–Crippen LogP) is 8.04. The Labute approximate surface area is 181 Å². The van der Waals surface area contributed by atoms with Gasteiger partial charge in [0.1, 0.15) is 0 Å². The lowest BCUT2D eigenvalue weighted by Gasteiger charge is -2.58. The van der Waals surface area contributed by atoms with Crippen LogP contribution in [0.25, 0.3) is 0 Å². The van der Waals surface area contributed by atoms with Gasteiger partial charge >= 0.3 is 0 Å². The van der Waals surface area contributed by atoms with E-state index in [4.69, 9.17) is 4.74 Å². The summed E-state index contributed by atoms with van der Waals surface area (Å²) in [6.07, 6.45) is 18.7. The third-order valence-electron chi connectivity index (χ3n) is 10.6. The average Bonchev–Trinajstić information content (AvgIpc) is 3.04. The van der Waals surface area contributed by atoms with Crippen LogP contribution in [0.1, 0.15) is 105 Å². The highest BCUT2D eigenvalue weighted by Gasteiger charge is 2.59. The Bertz CT molecular complexity index is 605. The number of allylic oxidation sites excluding steroid dienone is 1. The Morgan fingerprint density at radius 1 is 1.00 bits per heavy atom. The monoisotopic (exact) mass is 400 g/mol. The van der Waals surface area contributed by atoms with Crippen molar-refractivity contribution < 1.29 is 4.74 Å². The summed E-state index contributed by atoms with van der Waals surface area (Å²) < 4.78 is 5.75. The van der Waals surface area contributed by atoms with Gasteiger partial charge in [-0.15, -0.1) is 0 Å². The predicted molar refractivity (Wildman–Crippen MR) is 124 cm³/mol. The second-order valence-electron chi connectivity index (χ2n) is 12.4. The molecule has 0 aromatic rings. The van der Waals surface area contributed by atoms with Gasteiger partial charge in [0, 0.05) is 7.11 Å². The minimum absolute atomic E-state index is 0.472. The van der Waals surface area contributed by atoms with Crippen LogP contribution >= 0.6 is 0 Å². The van der Waals surface area contributed by atoms with Crippen LogP contribution in [-0.4, -0.2) is 13.2 Å². The smallest absolute Gasteiger partial charge is 0.0608 e. The van der Waals surface area contributed by atoms with E-state index in [0.717, 1.165) is 35.5 Å². The normalized spacial score (nSPS) is 45.3. The fourth-order valence-corrected chi connectivity index (χ4v) is 8.85. The molecule has 29 heavy (non-hydrogen) atoms. The molecule has 0 aromatic heterocycles. The third kappa shape index (κ3) is 3.77. The maximum atomic E-state index is 5.75. The summed E-state index contributed by atoms with van der Waals surface area (Å²) in [6.45, 7) is 12.7. The van der Waals surface area contributed by atoms with Crippen molar-refractivity contribution in [1.29, 1.82) is 0 Å². The zero-order valence-corrected chi connectivity index (χ0v) is 20.3. The Morgan fingerprint density at radius 2 is 1.79 bits per heavy atom. The van der Waals surface area contributed by atoms with Crippen molar-refractivity contribution in [3.8, 4) is 0 Å². The SMILES string of the molecule is CO[C@H]1CC[C@@]2(C)C(=CC[C@H]3C4CCC(C(C)CCCC(C)C)C4(C)CCC32)C1. The first-order chi connectivity index (χ1) is 13.8. The maximum Gasteiger partial charge on any atom is 0.0608 e. The van der Waals surface area contributed by atoms with Crippen molar-refractivity contribution in [2.75, 3.05) is 7.11 Å². The number of hydrogen-bond donors (Lipinski definition) is 0. The van der Waals surface area contributed by atoms with E-state index in [1.54, 1.807) is 5.57 Å². The van der Waals surface area contributed by atoms with Crippen LogP contribution in [0, 0.1) is 46.3 Å². The zero-order valence-electron chi connectivity index (χ0n) is 20.3. The van der Waals surface area contributed by atoms with Gasteiger partial charge in [0.2, 0.25) is 0 Å². The minimum atomic E-state index is 0.472. The largest absolute Gasteiger partial charge is 0.381 e. The van der Waals surface area contributed by atoms with Crippen molar-refractivity contribution in [3.63, 3.8) is 0 Å². The summed E-state index contributed by atoms with van der Waals surface area (Å²) in [5.41, 5.74) is 2.85. The molecule has 0 spiro atoms. The second-order valence-corrected chi connectivity index (χ2v) is 12.4. The Morgan fingerprint density at radius 3 is 2.52 bits per heavy atom. The van der Waals surface area contributed by atoms with E-state index in [1.807, 2.05) is 7.11 Å². The Hall–Kier alpha value is -0.300. The molecule has 3 fully saturated rings. The first-order valence-electron chi connectivity index (χ1n) is 13.0. The molecular formula is C28H48O. The van der Waals surface area contributed by atoms with Crippen LogP contribution < -0.4 is 0 Å². The van der Waals surface area contributed by atoms with Gasteiger partial charge in [-0.05, 0) is 97.7 Å². The van der Waals surface area contributed by atoms with E-state index in [0.29, 0.717) is 16.9 Å². The van der Waals surface area contributed by atoms with Crippen LogP contribution in [0.2, 0.25) is 0 Å². The number of methoxy groups -OCH3 is 1. The molecule has 0 radical (unpaired) electrons. The van der Waals surface area contributed by atoms with Crippen molar-refractivity contribution in [2.24, 2.45) is 46.3 Å².